The fourth-order valence-electron chi connectivity index (χ4n) is 6.87. The normalized spacial score (nSPS) is 31.2. The van der Waals surface area contributed by atoms with Crippen LogP contribution in [0.2, 0.25) is 0 Å². The summed E-state index contributed by atoms with van der Waals surface area (Å²) in [7, 11) is 0. The number of amides is 2. The van der Waals surface area contributed by atoms with Crippen LogP contribution in [0.1, 0.15) is 77.3 Å². The van der Waals surface area contributed by atoms with Crippen molar-refractivity contribution >= 4 is 28.3 Å². The van der Waals surface area contributed by atoms with Crippen molar-refractivity contribution in [3.63, 3.8) is 0 Å². The number of thiazole rings is 1. The third-order valence-electron chi connectivity index (χ3n) is 8.89. The Morgan fingerprint density at radius 2 is 2.00 bits per heavy atom. The van der Waals surface area contributed by atoms with Gasteiger partial charge in [0.15, 0.2) is 5.13 Å². The lowest BCUT2D eigenvalue weighted by Gasteiger charge is -2.53. The van der Waals surface area contributed by atoms with E-state index >= 15 is 0 Å². The van der Waals surface area contributed by atoms with Gasteiger partial charge in [0.25, 0.3) is 0 Å². The summed E-state index contributed by atoms with van der Waals surface area (Å²) in [4.78, 5) is 33.1. The molecule has 9 heteroatoms. The van der Waals surface area contributed by atoms with Crippen molar-refractivity contribution in [2.75, 3.05) is 44.7 Å². The maximum absolute atomic E-state index is 13.0. The third-order valence-corrected chi connectivity index (χ3v) is 9.88. The number of aliphatic hydroxyl groups is 1. The zero-order valence-electron chi connectivity index (χ0n) is 23.5. The van der Waals surface area contributed by atoms with E-state index in [1.165, 1.54) is 9.78 Å². The Morgan fingerprint density at radius 1 is 1.30 bits per heavy atom. The Morgan fingerprint density at radius 3 is 2.68 bits per heavy atom. The Labute approximate surface area is 225 Å². The van der Waals surface area contributed by atoms with Crippen LogP contribution >= 0.6 is 11.3 Å². The predicted octanol–water partition coefficient (Wildman–Crippen LogP) is 2.24. The van der Waals surface area contributed by atoms with Crippen molar-refractivity contribution in [2.24, 2.45) is 28.6 Å². The number of nitrogens with one attached hydrogen (secondary N) is 3. The molecular formula is C28H47N4O4S+. The Bertz CT molecular complexity index is 970. The maximum Gasteiger partial charge on any atom is 0.226 e. The number of fused-ring (bicyclic) bond motifs is 2. The zero-order chi connectivity index (χ0) is 27.0. The molecule has 0 spiro atoms. The van der Waals surface area contributed by atoms with E-state index in [1.54, 1.807) is 11.3 Å². The number of rotatable bonds is 7. The first-order valence-electron chi connectivity index (χ1n) is 14.0. The third kappa shape index (κ3) is 6.54. The number of nitrogens with zero attached hydrogens (tertiary/aromatic N) is 1. The minimum absolute atomic E-state index is 0.00923. The van der Waals surface area contributed by atoms with Crippen molar-refractivity contribution in [1.29, 1.82) is 0 Å². The van der Waals surface area contributed by atoms with E-state index < -0.39 is 6.10 Å². The summed E-state index contributed by atoms with van der Waals surface area (Å²) in [6.45, 7) is 17.7. The van der Waals surface area contributed by atoms with Crippen LogP contribution in [-0.2, 0) is 20.7 Å². The van der Waals surface area contributed by atoms with E-state index in [4.69, 9.17) is 9.72 Å². The van der Waals surface area contributed by atoms with Crippen LogP contribution < -0.4 is 15.5 Å². The molecule has 37 heavy (non-hydrogen) atoms. The topological polar surface area (TPSA) is 105 Å². The molecule has 3 aliphatic rings. The number of carbonyl (C=O) groups is 2. The summed E-state index contributed by atoms with van der Waals surface area (Å²) < 4.78 is 5.42. The lowest BCUT2D eigenvalue weighted by Crippen LogP contribution is -3.14. The van der Waals surface area contributed by atoms with Gasteiger partial charge in [-0.15, -0.1) is 11.3 Å². The number of ether oxygens (including phenoxy) is 1. The van der Waals surface area contributed by atoms with Crippen molar-refractivity contribution in [1.82, 2.24) is 10.3 Å². The van der Waals surface area contributed by atoms with Crippen molar-refractivity contribution in [2.45, 2.75) is 79.2 Å². The monoisotopic (exact) mass is 535 g/mol. The highest BCUT2D eigenvalue weighted by molar-refractivity contribution is 7.15. The Kier molecular flexibility index (Phi) is 8.68. The van der Waals surface area contributed by atoms with Crippen LogP contribution in [0.15, 0.2) is 0 Å². The van der Waals surface area contributed by atoms with Gasteiger partial charge in [0.2, 0.25) is 11.8 Å². The quantitative estimate of drug-likeness (QED) is 0.429. The summed E-state index contributed by atoms with van der Waals surface area (Å²) in [5.74, 6) is -0.173. The summed E-state index contributed by atoms with van der Waals surface area (Å²) in [5, 5.41) is 18.5. The molecule has 208 valence electrons. The van der Waals surface area contributed by atoms with Crippen LogP contribution in [0.25, 0.3) is 0 Å². The van der Waals surface area contributed by atoms with Crippen molar-refractivity contribution in [3.05, 3.63) is 10.6 Å². The second-order valence-electron chi connectivity index (χ2n) is 13.1. The molecule has 0 bridgehead atoms. The standard InChI is InChI=1S/C28H46N4O4S/c1-17(25(35)29-9-10-32-11-13-36-14-12-32)19-7-8-28(6)15-20-23(18(2)22(28)24(19)34)31-26(37-20)30-21(33)16-27(3,4)5/h17-19,22,24,34H,7-16H2,1-6H3,(H,29,35)(H,30,31,33)/p+1/t17-,18-,19-,22+,24-,28+/m0/s1. The number of hydrogen-bond acceptors (Lipinski definition) is 6. The SMILES string of the molecule is C[C@H](C(=O)NCC[NH+]1CCOCC1)[C@@H]1CC[C@]2(C)Cc3sc(NC(=O)CC(C)(C)C)nc3[C@@H](C)[C@@H]2[C@H]1O. The second kappa shape index (κ2) is 11.3. The lowest BCUT2D eigenvalue weighted by atomic mass is 9.53. The molecule has 0 aromatic carbocycles. The molecular weight excluding hydrogens is 488 g/mol. The molecule has 1 saturated carbocycles. The molecule has 2 amide bonds. The number of morpholine rings is 1. The highest BCUT2D eigenvalue weighted by Crippen LogP contribution is 2.57. The maximum atomic E-state index is 13.0. The van der Waals surface area contributed by atoms with Crippen LogP contribution in [0.5, 0.6) is 0 Å². The van der Waals surface area contributed by atoms with Gasteiger partial charge in [-0.3, -0.25) is 9.59 Å². The highest BCUT2D eigenvalue weighted by atomic mass is 32.1. The number of quaternary nitrogens is 1. The van der Waals surface area contributed by atoms with Gasteiger partial charge in [0.1, 0.15) is 13.1 Å². The highest BCUT2D eigenvalue weighted by Gasteiger charge is 2.54. The van der Waals surface area contributed by atoms with E-state index in [-0.39, 0.29) is 46.3 Å². The van der Waals surface area contributed by atoms with E-state index in [0.717, 1.165) is 57.8 Å². The molecule has 2 fully saturated rings. The number of carbonyl (C=O) groups excluding carboxylic acids is 2. The Balaban J connectivity index is 1.40. The summed E-state index contributed by atoms with van der Waals surface area (Å²) in [6.07, 6.45) is 2.56. The average Bonchev–Trinajstić information content (AvgIpc) is 3.19. The van der Waals surface area contributed by atoms with Gasteiger partial charge >= 0.3 is 0 Å². The molecule has 2 heterocycles. The van der Waals surface area contributed by atoms with Crippen LogP contribution in [0.4, 0.5) is 5.13 Å². The minimum atomic E-state index is -0.562. The van der Waals surface area contributed by atoms with E-state index in [1.807, 2.05) is 6.92 Å². The number of hydrogen-bond donors (Lipinski definition) is 4. The first kappa shape index (κ1) is 28.5. The molecule has 1 saturated heterocycles. The van der Waals surface area contributed by atoms with Gasteiger partial charge in [0.05, 0.1) is 38.1 Å². The molecule has 6 atom stereocenters. The van der Waals surface area contributed by atoms with Crippen molar-refractivity contribution < 1.29 is 24.3 Å². The fraction of sp³-hybridized carbons (Fsp3) is 0.821. The van der Waals surface area contributed by atoms with Crippen LogP contribution in [0.3, 0.4) is 0 Å². The average molecular weight is 536 g/mol. The lowest BCUT2D eigenvalue weighted by molar-refractivity contribution is -0.906. The molecule has 1 aromatic heterocycles. The van der Waals surface area contributed by atoms with Crippen molar-refractivity contribution in [3.8, 4) is 0 Å². The molecule has 4 N–H and O–H groups in total. The molecule has 4 rings (SSSR count). The fourth-order valence-corrected chi connectivity index (χ4v) is 8.15. The molecule has 0 radical (unpaired) electrons. The second-order valence-corrected chi connectivity index (χ2v) is 14.2. The minimum Gasteiger partial charge on any atom is -0.392 e. The van der Waals surface area contributed by atoms with E-state index in [9.17, 15) is 14.7 Å². The van der Waals surface area contributed by atoms with Gasteiger partial charge in [-0.25, -0.2) is 4.98 Å². The van der Waals surface area contributed by atoms with Gasteiger partial charge in [0, 0.05) is 23.1 Å². The smallest absolute Gasteiger partial charge is 0.226 e. The van der Waals surface area contributed by atoms with E-state index in [0.29, 0.717) is 18.1 Å². The van der Waals surface area contributed by atoms with Gasteiger partial charge in [-0.2, -0.15) is 0 Å². The molecule has 0 unspecified atom stereocenters. The zero-order valence-corrected chi connectivity index (χ0v) is 24.3. The van der Waals surface area contributed by atoms with Gasteiger partial charge in [-0.1, -0.05) is 41.5 Å². The molecule has 1 aliphatic heterocycles. The summed E-state index contributed by atoms with van der Waals surface area (Å²) in [6, 6.07) is 0. The largest absolute Gasteiger partial charge is 0.392 e. The number of aliphatic hydroxyl groups excluding tert-OH is 1. The summed E-state index contributed by atoms with van der Waals surface area (Å²) in [5.41, 5.74) is 0.878. The first-order chi connectivity index (χ1) is 17.4. The number of anilines is 1. The molecule has 8 nitrogen and oxygen atoms in total. The summed E-state index contributed by atoms with van der Waals surface area (Å²) >= 11 is 1.58. The van der Waals surface area contributed by atoms with Crippen LogP contribution in [-0.4, -0.2) is 67.4 Å². The first-order valence-corrected chi connectivity index (χ1v) is 14.9. The molecule has 2 aliphatic carbocycles. The predicted molar refractivity (Wildman–Crippen MR) is 146 cm³/mol. The Hall–Kier alpha value is -1.55. The van der Waals surface area contributed by atoms with E-state index in [2.05, 4.69) is 45.3 Å². The number of aromatic nitrogens is 1. The van der Waals surface area contributed by atoms with Gasteiger partial charge in [-0.05, 0) is 41.9 Å². The van der Waals surface area contributed by atoms with Crippen LogP contribution in [0, 0.1) is 28.6 Å². The van der Waals surface area contributed by atoms with Gasteiger partial charge < -0.3 is 25.4 Å². The molecule has 1 aromatic rings.